The van der Waals surface area contributed by atoms with Gasteiger partial charge in [0.1, 0.15) is 27.0 Å². The van der Waals surface area contributed by atoms with Gasteiger partial charge >= 0.3 is 12.2 Å². The highest BCUT2D eigenvalue weighted by atomic mass is 32.1. The lowest BCUT2D eigenvalue weighted by molar-refractivity contribution is -0.111. The molecule has 0 bridgehead atoms. The van der Waals surface area contributed by atoms with Gasteiger partial charge in [0, 0.05) is 54.9 Å². The van der Waals surface area contributed by atoms with Crippen molar-refractivity contribution in [2.24, 2.45) is 0 Å². The number of pyridine rings is 1. The molecule has 0 saturated carbocycles. The zero-order valence-corrected chi connectivity index (χ0v) is 30.4. The minimum atomic E-state index is -0.584. The molecule has 1 aromatic carbocycles. The van der Waals surface area contributed by atoms with Crippen LogP contribution in [0.4, 0.5) is 20.4 Å². The summed E-state index contributed by atoms with van der Waals surface area (Å²) in [5, 5.41) is 4.50. The number of amides is 3. The zero-order chi connectivity index (χ0) is 35.1. The summed E-state index contributed by atoms with van der Waals surface area (Å²) in [4.78, 5) is 54.1. The first-order valence-corrected chi connectivity index (χ1v) is 18.0. The minimum absolute atomic E-state index is 0.279. The molecule has 1 fully saturated rings. The van der Waals surface area contributed by atoms with E-state index in [9.17, 15) is 14.4 Å². The number of ether oxygens (including phenoxy) is 2. The maximum atomic E-state index is 12.8. The SMILES string of the molecule is C=CC(=O)Nc1sc2c(c1-c1nc3ccc(-c4ccc(N5CCN(C(=O)OC(C)(C)C)CC5)nc4)cc3s1)CCN(C(=O)OC(C)(C)C)C2. The van der Waals surface area contributed by atoms with Crippen molar-refractivity contribution in [3.8, 4) is 21.7 Å². The minimum Gasteiger partial charge on any atom is -0.444 e. The van der Waals surface area contributed by atoms with Crippen LogP contribution in [0.5, 0.6) is 0 Å². The maximum Gasteiger partial charge on any atom is 0.410 e. The van der Waals surface area contributed by atoms with E-state index >= 15 is 0 Å². The second-order valence-corrected chi connectivity index (χ2v) is 16.3. The quantitative estimate of drug-likeness (QED) is 0.212. The van der Waals surface area contributed by atoms with E-state index in [2.05, 4.69) is 28.9 Å². The Hall–Kier alpha value is -4.49. The number of hydrogen-bond donors (Lipinski definition) is 1. The Morgan fingerprint density at radius 3 is 2.18 bits per heavy atom. The first kappa shape index (κ1) is 34.4. The lowest BCUT2D eigenvalue weighted by Crippen LogP contribution is -2.50. The number of thiophene rings is 1. The fraction of sp³-hybridized carbons (Fsp3) is 0.417. The number of nitrogens with zero attached hydrogens (tertiary/aromatic N) is 5. The molecule has 5 heterocycles. The monoisotopic (exact) mass is 702 g/mol. The third kappa shape index (κ3) is 7.88. The number of nitrogens with one attached hydrogen (secondary N) is 1. The summed E-state index contributed by atoms with van der Waals surface area (Å²) >= 11 is 3.04. The maximum absolute atomic E-state index is 12.8. The number of anilines is 2. The summed E-state index contributed by atoms with van der Waals surface area (Å²) in [5.41, 5.74) is 3.77. The molecular formula is C36H42N6O5S2. The van der Waals surface area contributed by atoms with Crippen LogP contribution < -0.4 is 10.2 Å². The molecule has 0 spiro atoms. The molecule has 49 heavy (non-hydrogen) atoms. The molecule has 3 aromatic heterocycles. The van der Waals surface area contributed by atoms with Gasteiger partial charge < -0.3 is 29.5 Å². The van der Waals surface area contributed by atoms with Gasteiger partial charge in [-0.15, -0.1) is 22.7 Å². The Morgan fingerprint density at radius 2 is 1.55 bits per heavy atom. The first-order valence-electron chi connectivity index (χ1n) is 16.3. The van der Waals surface area contributed by atoms with Gasteiger partial charge in [0.2, 0.25) is 5.91 Å². The van der Waals surface area contributed by atoms with Crippen molar-refractivity contribution >= 4 is 61.8 Å². The topological polar surface area (TPSA) is 117 Å². The van der Waals surface area contributed by atoms with E-state index in [4.69, 9.17) is 19.4 Å². The lowest BCUT2D eigenvalue weighted by atomic mass is 10.0. The van der Waals surface area contributed by atoms with Gasteiger partial charge in [0.05, 0.1) is 16.8 Å². The zero-order valence-electron chi connectivity index (χ0n) is 28.8. The number of carbonyl (C=O) groups is 3. The van der Waals surface area contributed by atoms with Gasteiger partial charge in [0.15, 0.2) is 0 Å². The smallest absolute Gasteiger partial charge is 0.410 e. The van der Waals surface area contributed by atoms with Gasteiger partial charge in [-0.2, -0.15) is 0 Å². The van der Waals surface area contributed by atoms with Gasteiger partial charge in [-0.3, -0.25) is 4.79 Å². The number of fused-ring (bicyclic) bond motifs is 2. The molecule has 2 aliphatic heterocycles. The van der Waals surface area contributed by atoms with E-state index < -0.39 is 11.2 Å². The normalized spacial score (nSPS) is 15.2. The average molecular weight is 703 g/mol. The van der Waals surface area contributed by atoms with E-state index in [1.54, 1.807) is 21.1 Å². The van der Waals surface area contributed by atoms with Crippen LogP contribution in [-0.4, -0.2) is 81.8 Å². The molecule has 0 radical (unpaired) electrons. The lowest BCUT2D eigenvalue weighted by Gasteiger charge is -2.36. The van der Waals surface area contributed by atoms with Crippen molar-refractivity contribution in [1.29, 1.82) is 0 Å². The Morgan fingerprint density at radius 1 is 0.878 bits per heavy atom. The van der Waals surface area contributed by atoms with Crippen molar-refractivity contribution in [3.63, 3.8) is 0 Å². The molecule has 6 rings (SSSR count). The molecule has 0 unspecified atom stereocenters. The Labute approximate surface area is 294 Å². The Kier molecular flexibility index (Phi) is 9.42. The van der Waals surface area contributed by atoms with Crippen LogP contribution in [0.25, 0.3) is 31.9 Å². The molecular weight excluding hydrogens is 661 g/mol. The van der Waals surface area contributed by atoms with E-state index in [1.807, 2.05) is 65.9 Å². The van der Waals surface area contributed by atoms with E-state index in [0.29, 0.717) is 50.7 Å². The second-order valence-electron chi connectivity index (χ2n) is 14.1. The van der Waals surface area contributed by atoms with Gasteiger partial charge in [-0.1, -0.05) is 12.6 Å². The third-order valence-corrected chi connectivity index (χ3v) is 10.2. The van der Waals surface area contributed by atoms with Crippen LogP contribution in [0.3, 0.4) is 0 Å². The number of hydrogen-bond acceptors (Lipinski definition) is 10. The Balaban J connectivity index is 1.20. The summed E-state index contributed by atoms with van der Waals surface area (Å²) in [6.07, 6.45) is 3.13. The van der Waals surface area contributed by atoms with Crippen LogP contribution >= 0.6 is 22.7 Å². The highest BCUT2D eigenvalue weighted by molar-refractivity contribution is 7.23. The van der Waals surface area contributed by atoms with E-state index in [0.717, 1.165) is 48.2 Å². The molecule has 2 aliphatic rings. The second kappa shape index (κ2) is 13.4. The molecule has 13 heteroatoms. The standard InChI is InChI=1S/C36H42N6O5S2/c1-8-29(43)39-32-30(24-13-14-42(21-27(24)49-32)34(45)47-36(5,6)7)31-38-25-11-9-22(19-26(25)48-31)23-10-12-28(37-20-23)40-15-17-41(18-16-40)33(44)46-35(2,3)4/h8-12,19-20H,1,13-18,21H2,2-7H3,(H,39,43). The molecule has 3 amide bonds. The number of carbonyl (C=O) groups excluding carboxylic acids is 3. The van der Waals surface area contributed by atoms with Gasteiger partial charge in [-0.05, 0) is 89.4 Å². The van der Waals surface area contributed by atoms with Crippen LogP contribution in [0.2, 0.25) is 0 Å². The summed E-state index contributed by atoms with van der Waals surface area (Å²) in [7, 11) is 0. The molecule has 4 aromatic rings. The third-order valence-electron chi connectivity index (χ3n) is 8.07. The number of piperazine rings is 1. The van der Waals surface area contributed by atoms with Crippen molar-refractivity contribution in [1.82, 2.24) is 19.8 Å². The fourth-order valence-corrected chi connectivity index (χ4v) is 8.18. The fourth-order valence-electron chi connectivity index (χ4n) is 5.76. The summed E-state index contributed by atoms with van der Waals surface area (Å²) in [5.74, 6) is 0.573. The molecule has 0 aliphatic carbocycles. The molecule has 1 saturated heterocycles. The number of rotatable bonds is 5. The van der Waals surface area contributed by atoms with Crippen molar-refractivity contribution in [2.75, 3.05) is 42.9 Å². The summed E-state index contributed by atoms with van der Waals surface area (Å²) in [6, 6.07) is 10.3. The molecule has 258 valence electrons. The van der Waals surface area contributed by atoms with Crippen molar-refractivity contribution in [3.05, 3.63) is 59.6 Å². The van der Waals surface area contributed by atoms with Crippen molar-refractivity contribution in [2.45, 2.75) is 65.7 Å². The first-order chi connectivity index (χ1) is 23.2. The van der Waals surface area contributed by atoms with Crippen LogP contribution in [0.15, 0.2) is 49.2 Å². The van der Waals surface area contributed by atoms with E-state index in [-0.39, 0.29) is 18.1 Å². The largest absolute Gasteiger partial charge is 0.444 e. The highest BCUT2D eigenvalue weighted by Gasteiger charge is 2.32. The summed E-state index contributed by atoms with van der Waals surface area (Å²) < 4.78 is 12.2. The van der Waals surface area contributed by atoms with E-state index in [1.165, 1.54) is 17.4 Å². The number of aromatic nitrogens is 2. The average Bonchev–Trinajstić information content (AvgIpc) is 3.63. The van der Waals surface area contributed by atoms with Crippen LogP contribution in [-0.2, 0) is 27.2 Å². The predicted molar refractivity (Wildman–Crippen MR) is 195 cm³/mol. The summed E-state index contributed by atoms with van der Waals surface area (Å²) in [6.45, 7) is 18.3. The van der Waals surface area contributed by atoms with Gasteiger partial charge in [0.25, 0.3) is 0 Å². The number of thiazole rings is 1. The molecule has 0 atom stereocenters. The number of benzene rings is 1. The predicted octanol–water partition coefficient (Wildman–Crippen LogP) is 7.56. The van der Waals surface area contributed by atoms with Gasteiger partial charge in [-0.25, -0.2) is 19.6 Å². The van der Waals surface area contributed by atoms with Crippen LogP contribution in [0, 0.1) is 0 Å². The molecule has 11 nitrogen and oxygen atoms in total. The van der Waals surface area contributed by atoms with Crippen molar-refractivity contribution < 1.29 is 23.9 Å². The Bertz CT molecular complexity index is 1900. The van der Waals surface area contributed by atoms with Crippen LogP contribution in [0.1, 0.15) is 52.0 Å². The highest BCUT2D eigenvalue weighted by Crippen LogP contribution is 2.46. The molecule has 1 N–H and O–H groups in total.